The van der Waals surface area contributed by atoms with Crippen LogP contribution in [0.15, 0.2) is 54.9 Å². The number of halogens is 2. The molecule has 118 valence electrons. The van der Waals surface area contributed by atoms with Crippen molar-refractivity contribution in [1.82, 2.24) is 9.97 Å². The molecule has 0 aliphatic heterocycles. The summed E-state index contributed by atoms with van der Waals surface area (Å²) in [6.07, 6.45) is 3.09. The maximum absolute atomic E-state index is 9.49. The van der Waals surface area contributed by atoms with Gasteiger partial charge in [0.2, 0.25) is 0 Å². The van der Waals surface area contributed by atoms with Gasteiger partial charge in [-0.25, -0.2) is 9.97 Å². The van der Waals surface area contributed by atoms with Crippen LogP contribution in [0, 0.1) is 11.3 Å². The molecule has 0 spiro atoms. The summed E-state index contributed by atoms with van der Waals surface area (Å²) in [6, 6.07) is 13.7. The molecule has 0 fully saturated rings. The van der Waals surface area contributed by atoms with Crippen LogP contribution in [0.25, 0.3) is 0 Å². The number of hydrogen-bond acceptors (Lipinski definition) is 5. The van der Waals surface area contributed by atoms with E-state index in [9.17, 15) is 5.26 Å². The number of benzene rings is 1. The van der Waals surface area contributed by atoms with E-state index in [0.29, 0.717) is 23.0 Å². The summed E-state index contributed by atoms with van der Waals surface area (Å²) >= 11 is 12.0. The minimum absolute atomic E-state index is 0.197. The third-order valence-electron chi connectivity index (χ3n) is 2.99. The Morgan fingerprint density at radius 2 is 1.21 bits per heavy atom. The van der Waals surface area contributed by atoms with Crippen LogP contribution in [-0.2, 0) is 0 Å². The van der Waals surface area contributed by atoms with E-state index < -0.39 is 0 Å². The molecule has 0 amide bonds. The van der Waals surface area contributed by atoms with Gasteiger partial charge in [0.05, 0.1) is 0 Å². The molecule has 0 saturated heterocycles. The van der Waals surface area contributed by atoms with E-state index in [1.807, 2.05) is 0 Å². The molecular formula is C17H9Cl2N3O2. The third kappa shape index (κ3) is 3.40. The standard InChI is InChI=1S/C17H9Cl2N3O2/c18-16-14(6-2-8-21-16)23-12-4-1-5-13(11(12)10-20)24-15-7-3-9-22-17(15)19/h1-9H. The highest BCUT2D eigenvalue weighted by Crippen LogP contribution is 2.36. The Kier molecular flexibility index (Phi) is 4.80. The van der Waals surface area contributed by atoms with E-state index in [2.05, 4.69) is 16.0 Å². The fourth-order valence-electron chi connectivity index (χ4n) is 1.92. The Morgan fingerprint density at radius 1 is 0.750 bits per heavy atom. The second-order valence-corrected chi connectivity index (χ2v) is 5.25. The van der Waals surface area contributed by atoms with Crippen molar-refractivity contribution in [3.8, 4) is 29.1 Å². The van der Waals surface area contributed by atoms with Crippen LogP contribution in [0.5, 0.6) is 23.0 Å². The van der Waals surface area contributed by atoms with Crippen molar-refractivity contribution in [2.75, 3.05) is 0 Å². The number of hydrogen-bond donors (Lipinski definition) is 0. The summed E-state index contributed by atoms with van der Waals surface area (Å²) in [7, 11) is 0. The number of pyridine rings is 2. The van der Waals surface area contributed by atoms with Gasteiger partial charge in [0.1, 0.15) is 23.1 Å². The maximum Gasteiger partial charge on any atom is 0.171 e. The van der Waals surface area contributed by atoms with Crippen LogP contribution in [-0.4, -0.2) is 9.97 Å². The molecular weight excluding hydrogens is 349 g/mol. The molecule has 0 saturated carbocycles. The average molecular weight is 358 g/mol. The van der Waals surface area contributed by atoms with Gasteiger partial charge in [-0.05, 0) is 36.4 Å². The zero-order valence-corrected chi connectivity index (χ0v) is 13.6. The quantitative estimate of drug-likeness (QED) is 0.597. The van der Waals surface area contributed by atoms with Crippen LogP contribution in [0.4, 0.5) is 0 Å². The molecule has 0 bridgehead atoms. The number of nitrogens with zero attached hydrogens (tertiary/aromatic N) is 3. The van der Waals surface area contributed by atoms with E-state index >= 15 is 0 Å². The molecule has 7 heteroatoms. The zero-order valence-electron chi connectivity index (χ0n) is 12.1. The van der Waals surface area contributed by atoms with Crippen molar-refractivity contribution >= 4 is 23.2 Å². The topological polar surface area (TPSA) is 68.0 Å². The average Bonchev–Trinajstić information content (AvgIpc) is 2.59. The number of rotatable bonds is 4. The van der Waals surface area contributed by atoms with Gasteiger partial charge in [-0.3, -0.25) is 0 Å². The first-order valence-corrected chi connectivity index (χ1v) is 7.54. The highest BCUT2D eigenvalue weighted by molar-refractivity contribution is 6.31. The van der Waals surface area contributed by atoms with Crippen molar-refractivity contribution < 1.29 is 9.47 Å². The first kappa shape index (κ1) is 16.1. The molecule has 0 N–H and O–H groups in total. The lowest BCUT2D eigenvalue weighted by Gasteiger charge is -2.12. The van der Waals surface area contributed by atoms with E-state index in [-0.39, 0.29) is 15.9 Å². The fourth-order valence-corrected chi connectivity index (χ4v) is 2.24. The van der Waals surface area contributed by atoms with Crippen molar-refractivity contribution in [2.24, 2.45) is 0 Å². The summed E-state index contributed by atoms with van der Waals surface area (Å²) in [4.78, 5) is 7.87. The SMILES string of the molecule is N#Cc1c(Oc2cccnc2Cl)cccc1Oc1cccnc1Cl. The minimum atomic E-state index is 0.197. The molecule has 2 heterocycles. The summed E-state index contributed by atoms with van der Waals surface area (Å²) in [5.41, 5.74) is 0.206. The third-order valence-corrected chi connectivity index (χ3v) is 3.56. The van der Waals surface area contributed by atoms with Crippen molar-refractivity contribution in [3.63, 3.8) is 0 Å². The van der Waals surface area contributed by atoms with Crippen molar-refractivity contribution in [3.05, 3.63) is 70.7 Å². The smallest absolute Gasteiger partial charge is 0.171 e. The molecule has 24 heavy (non-hydrogen) atoms. The summed E-state index contributed by atoms with van der Waals surface area (Å²) in [5, 5.41) is 9.88. The Hall–Kier alpha value is -2.81. The van der Waals surface area contributed by atoms with Gasteiger partial charge in [0, 0.05) is 12.4 Å². The van der Waals surface area contributed by atoms with E-state index in [4.69, 9.17) is 32.7 Å². The van der Waals surface area contributed by atoms with E-state index in [0.717, 1.165) is 0 Å². The Balaban J connectivity index is 1.97. The normalized spacial score (nSPS) is 10.0. The molecule has 0 unspecified atom stereocenters. The van der Waals surface area contributed by atoms with Gasteiger partial charge < -0.3 is 9.47 Å². The Morgan fingerprint density at radius 3 is 1.62 bits per heavy atom. The van der Waals surface area contributed by atoms with Gasteiger partial charge in [-0.2, -0.15) is 5.26 Å². The number of aromatic nitrogens is 2. The molecule has 3 aromatic rings. The predicted octanol–water partition coefficient (Wildman–Crippen LogP) is 5.24. The molecule has 0 aliphatic rings. The van der Waals surface area contributed by atoms with Gasteiger partial charge >= 0.3 is 0 Å². The van der Waals surface area contributed by atoms with Gasteiger partial charge in [-0.1, -0.05) is 29.3 Å². The first-order chi connectivity index (χ1) is 11.7. The first-order valence-electron chi connectivity index (χ1n) is 6.79. The monoisotopic (exact) mass is 357 g/mol. The highest BCUT2D eigenvalue weighted by atomic mass is 35.5. The van der Waals surface area contributed by atoms with Crippen LogP contribution < -0.4 is 9.47 Å². The summed E-state index contributed by atoms with van der Waals surface area (Å²) in [6.45, 7) is 0. The second-order valence-electron chi connectivity index (χ2n) is 4.53. The largest absolute Gasteiger partial charge is 0.453 e. The molecule has 1 aromatic carbocycles. The summed E-state index contributed by atoms with van der Waals surface area (Å²) in [5.74, 6) is 1.27. The number of ether oxygens (including phenoxy) is 2. The Labute approximate surface area is 148 Å². The van der Waals surface area contributed by atoms with Crippen molar-refractivity contribution in [1.29, 1.82) is 5.26 Å². The van der Waals surface area contributed by atoms with Gasteiger partial charge in [0.15, 0.2) is 21.8 Å². The van der Waals surface area contributed by atoms with Crippen LogP contribution in [0.2, 0.25) is 10.3 Å². The molecule has 2 aromatic heterocycles. The minimum Gasteiger partial charge on any atom is -0.453 e. The zero-order chi connectivity index (χ0) is 16.9. The lowest BCUT2D eigenvalue weighted by atomic mass is 10.2. The second kappa shape index (κ2) is 7.18. The molecule has 0 radical (unpaired) electrons. The molecule has 3 rings (SSSR count). The van der Waals surface area contributed by atoms with Crippen molar-refractivity contribution in [2.45, 2.75) is 0 Å². The summed E-state index contributed by atoms with van der Waals surface area (Å²) < 4.78 is 11.4. The number of nitriles is 1. The molecule has 5 nitrogen and oxygen atoms in total. The lowest BCUT2D eigenvalue weighted by molar-refractivity contribution is 0.455. The Bertz CT molecular complexity index is 860. The van der Waals surface area contributed by atoms with Crippen LogP contribution in [0.3, 0.4) is 0 Å². The maximum atomic E-state index is 9.49. The van der Waals surface area contributed by atoms with Gasteiger partial charge in [0.25, 0.3) is 0 Å². The van der Waals surface area contributed by atoms with Crippen LogP contribution in [0.1, 0.15) is 5.56 Å². The molecule has 0 atom stereocenters. The predicted molar refractivity (Wildman–Crippen MR) is 89.8 cm³/mol. The van der Waals surface area contributed by atoms with E-state index in [1.54, 1.807) is 54.9 Å². The fraction of sp³-hybridized carbons (Fsp3) is 0. The van der Waals surface area contributed by atoms with Gasteiger partial charge in [-0.15, -0.1) is 0 Å². The van der Waals surface area contributed by atoms with E-state index in [1.165, 1.54) is 0 Å². The lowest BCUT2D eigenvalue weighted by Crippen LogP contribution is -1.94. The molecule has 0 aliphatic carbocycles. The van der Waals surface area contributed by atoms with Crippen LogP contribution >= 0.6 is 23.2 Å². The highest BCUT2D eigenvalue weighted by Gasteiger charge is 2.15.